The lowest BCUT2D eigenvalue weighted by atomic mass is 10.2. The number of halogens is 2. The van der Waals surface area contributed by atoms with Crippen LogP contribution in [0.25, 0.3) is 0 Å². The molecule has 0 aliphatic heterocycles. The smallest absolute Gasteiger partial charge is 0.244 e. The lowest BCUT2D eigenvalue weighted by Gasteiger charge is -2.08. The standard InChI is InChI=1S/C16H13ClFN5/c17-12-7-5-11(6-8-12)9-19-16-22-15(10-20-23-16)21-14-4-2-1-3-13(14)18/h1-8,10H,9H2,(H2,19,21,22,23). The zero-order valence-corrected chi connectivity index (χ0v) is 12.8. The van der Waals surface area contributed by atoms with Gasteiger partial charge in [0.2, 0.25) is 5.95 Å². The Morgan fingerprint density at radius 3 is 2.61 bits per heavy atom. The average molecular weight is 330 g/mol. The van der Waals surface area contributed by atoms with E-state index in [4.69, 9.17) is 11.6 Å². The van der Waals surface area contributed by atoms with Crippen molar-refractivity contribution in [1.82, 2.24) is 15.2 Å². The summed E-state index contributed by atoms with van der Waals surface area (Å²) in [7, 11) is 0. The molecule has 3 aromatic rings. The number of rotatable bonds is 5. The fourth-order valence-corrected chi connectivity index (χ4v) is 2.05. The SMILES string of the molecule is Fc1ccccc1Nc1cnnc(NCc2ccc(Cl)cc2)n1. The third-order valence-electron chi connectivity index (χ3n) is 3.06. The molecule has 7 heteroatoms. The fraction of sp³-hybridized carbons (Fsp3) is 0.0625. The summed E-state index contributed by atoms with van der Waals surface area (Å²) in [5.74, 6) is 0.395. The van der Waals surface area contributed by atoms with E-state index in [0.29, 0.717) is 29.0 Å². The van der Waals surface area contributed by atoms with Crippen LogP contribution in [0.1, 0.15) is 5.56 Å². The van der Waals surface area contributed by atoms with Gasteiger partial charge in [-0.2, -0.15) is 10.1 Å². The Labute approximate surface area is 137 Å². The van der Waals surface area contributed by atoms with Gasteiger partial charge >= 0.3 is 0 Å². The van der Waals surface area contributed by atoms with Crippen LogP contribution in [-0.2, 0) is 6.54 Å². The van der Waals surface area contributed by atoms with E-state index in [-0.39, 0.29) is 5.82 Å². The quantitative estimate of drug-likeness (QED) is 0.740. The highest BCUT2D eigenvalue weighted by Crippen LogP contribution is 2.18. The summed E-state index contributed by atoms with van der Waals surface area (Å²) in [5, 5.41) is 14.4. The van der Waals surface area contributed by atoms with Crippen LogP contribution in [0.15, 0.2) is 54.7 Å². The van der Waals surface area contributed by atoms with E-state index in [1.165, 1.54) is 12.3 Å². The van der Waals surface area contributed by atoms with Crippen molar-refractivity contribution in [2.45, 2.75) is 6.54 Å². The van der Waals surface area contributed by atoms with Crippen LogP contribution in [0, 0.1) is 5.82 Å². The largest absolute Gasteiger partial charge is 0.349 e. The Morgan fingerprint density at radius 1 is 1.04 bits per heavy atom. The van der Waals surface area contributed by atoms with Gasteiger partial charge in [0, 0.05) is 11.6 Å². The van der Waals surface area contributed by atoms with Crippen LogP contribution in [0.4, 0.5) is 21.8 Å². The van der Waals surface area contributed by atoms with Gasteiger partial charge in [-0.25, -0.2) is 4.39 Å². The number of benzene rings is 2. The second kappa shape index (κ2) is 7.02. The summed E-state index contributed by atoms with van der Waals surface area (Å²) in [6.07, 6.45) is 1.43. The maximum Gasteiger partial charge on any atom is 0.244 e. The molecular weight excluding hydrogens is 317 g/mol. The van der Waals surface area contributed by atoms with E-state index in [0.717, 1.165) is 5.56 Å². The van der Waals surface area contributed by atoms with E-state index in [9.17, 15) is 4.39 Å². The topological polar surface area (TPSA) is 62.7 Å². The molecule has 0 aliphatic carbocycles. The molecule has 0 atom stereocenters. The number of hydrogen-bond donors (Lipinski definition) is 2. The van der Waals surface area contributed by atoms with Crippen LogP contribution >= 0.6 is 11.6 Å². The van der Waals surface area contributed by atoms with Gasteiger partial charge in [0.15, 0.2) is 5.82 Å². The maximum atomic E-state index is 13.6. The molecule has 23 heavy (non-hydrogen) atoms. The fourth-order valence-electron chi connectivity index (χ4n) is 1.92. The number of hydrogen-bond acceptors (Lipinski definition) is 5. The molecule has 5 nitrogen and oxygen atoms in total. The van der Waals surface area contributed by atoms with Gasteiger partial charge in [-0.05, 0) is 29.8 Å². The van der Waals surface area contributed by atoms with Gasteiger partial charge in [0.25, 0.3) is 0 Å². The Kier molecular flexibility index (Phi) is 4.63. The van der Waals surface area contributed by atoms with Crippen molar-refractivity contribution in [3.63, 3.8) is 0 Å². The van der Waals surface area contributed by atoms with Crippen molar-refractivity contribution in [2.75, 3.05) is 10.6 Å². The minimum atomic E-state index is -0.359. The van der Waals surface area contributed by atoms with Crippen molar-refractivity contribution in [3.8, 4) is 0 Å². The molecule has 0 radical (unpaired) electrons. The molecule has 0 spiro atoms. The normalized spacial score (nSPS) is 10.3. The highest BCUT2D eigenvalue weighted by Gasteiger charge is 2.04. The lowest BCUT2D eigenvalue weighted by molar-refractivity contribution is 0.631. The van der Waals surface area contributed by atoms with Gasteiger partial charge in [-0.1, -0.05) is 35.9 Å². The summed E-state index contributed by atoms with van der Waals surface area (Å²) < 4.78 is 13.6. The first-order valence-corrected chi connectivity index (χ1v) is 7.28. The van der Waals surface area contributed by atoms with Gasteiger partial charge < -0.3 is 10.6 Å². The van der Waals surface area contributed by atoms with Gasteiger partial charge in [-0.3, -0.25) is 0 Å². The van der Waals surface area contributed by atoms with E-state index < -0.39 is 0 Å². The van der Waals surface area contributed by atoms with Crippen LogP contribution in [-0.4, -0.2) is 15.2 Å². The van der Waals surface area contributed by atoms with E-state index in [2.05, 4.69) is 25.8 Å². The molecular formula is C16H13ClFN5. The zero-order chi connectivity index (χ0) is 16.1. The summed E-state index contributed by atoms with van der Waals surface area (Å²) in [6, 6.07) is 13.8. The van der Waals surface area contributed by atoms with Gasteiger partial charge in [-0.15, -0.1) is 5.10 Å². The molecule has 0 unspecified atom stereocenters. The molecule has 0 saturated heterocycles. The van der Waals surface area contributed by atoms with E-state index >= 15 is 0 Å². The molecule has 3 rings (SSSR count). The first kappa shape index (κ1) is 15.2. The third-order valence-corrected chi connectivity index (χ3v) is 3.31. The number of nitrogens with zero attached hydrogens (tertiary/aromatic N) is 3. The van der Waals surface area contributed by atoms with Crippen LogP contribution < -0.4 is 10.6 Å². The predicted octanol–water partition coefficient (Wildman–Crippen LogP) is 4.02. The maximum absolute atomic E-state index is 13.6. The van der Waals surface area contributed by atoms with Crippen LogP contribution in [0.2, 0.25) is 5.02 Å². The molecule has 1 aromatic heterocycles. The Balaban J connectivity index is 1.67. The molecule has 116 valence electrons. The number of nitrogens with one attached hydrogen (secondary N) is 2. The van der Waals surface area contributed by atoms with Crippen molar-refractivity contribution in [2.24, 2.45) is 0 Å². The zero-order valence-electron chi connectivity index (χ0n) is 12.0. The lowest BCUT2D eigenvalue weighted by Crippen LogP contribution is -2.06. The number of para-hydroxylation sites is 1. The van der Waals surface area contributed by atoms with E-state index in [1.54, 1.807) is 18.2 Å². The molecule has 0 amide bonds. The predicted molar refractivity (Wildman–Crippen MR) is 88.3 cm³/mol. The highest BCUT2D eigenvalue weighted by atomic mass is 35.5. The van der Waals surface area contributed by atoms with Crippen molar-refractivity contribution >= 4 is 29.1 Å². The number of anilines is 3. The second-order valence-corrected chi connectivity index (χ2v) is 5.19. The summed E-state index contributed by atoms with van der Waals surface area (Å²) in [6.45, 7) is 0.530. The van der Waals surface area contributed by atoms with Crippen LogP contribution in [0.3, 0.4) is 0 Å². The average Bonchev–Trinajstić information content (AvgIpc) is 2.57. The number of aromatic nitrogens is 3. The first-order valence-electron chi connectivity index (χ1n) is 6.90. The third kappa shape index (κ3) is 4.14. The van der Waals surface area contributed by atoms with Crippen LogP contribution in [0.5, 0.6) is 0 Å². The molecule has 0 saturated carbocycles. The Morgan fingerprint density at radius 2 is 1.83 bits per heavy atom. The monoisotopic (exact) mass is 329 g/mol. The van der Waals surface area contributed by atoms with Gasteiger partial charge in [0.1, 0.15) is 5.82 Å². The Hall–Kier alpha value is -2.73. The van der Waals surface area contributed by atoms with Crippen molar-refractivity contribution < 1.29 is 4.39 Å². The highest BCUT2D eigenvalue weighted by molar-refractivity contribution is 6.30. The Bertz CT molecular complexity index is 794. The second-order valence-electron chi connectivity index (χ2n) is 4.75. The molecule has 0 bridgehead atoms. The molecule has 2 N–H and O–H groups in total. The summed E-state index contributed by atoms with van der Waals surface area (Å²) >= 11 is 5.85. The molecule has 0 aliphatic rings. The van der Waals surface area contributed by atoms with Gasteiger partial charge in [0.05, 0.1) is 11.9 Å². The minimum absolute atomic E-state index is 0.330. The minimum Gasteiger partial charge on any atom is -0.349 e. The molecule has 1 heterocycles. The molecule has 0 fully saturated rings. The molecule has 2 aromatic carbocycles. The van der Waals surface area contributed by atoms with Crippen molar-refractivity contribution in [3.05, 3.63) is 71.1 Å². The van der Waals surface area contributed by atoms with Crippen molar-refractivity contribution in [1.29, 1.82) is 0 Å². The van der Waals surface area contributed by atoms with E-state index in [1.807, 2.05) is 24.3 Å². The summed E-state index contributed by atoms with van der Waals surface area (Å²) in [4.78, 5) is 4.25. The first-order chi connectivity index (χ1) is 11.2. The summed E-state index contributed by atoms with van der Waals surface area (Å²) in [5.41, 5.74) is 1.36.